The van der Waals surface area contributed by atoms with Crippen molar-refractivity contribution < 1.29 is 13.9 Å². The summed E-state index contributed by atoms with van der Waals surface area (Å²) in [4.78, 5) is 43.4. The molecule has 0 radical (unpaired) electrons. The number of carbonyl (C=O) groups is 1. The molecule has 4 aromatic rings. The second-order valence-electron chi connectivity index (χ2n) is 7.40. The number of ether oxygens (including phenoxy) is 1. The summed E-state index contributed by atoms with van der Waals surface area (Å²) >= 11 is 0. The Bertz CT molecular complexity index is 1440. The molecule has 0 fully saturated rings. The molecule has 162 valence electrons. The van der Waals surface area contributed by atoms with Crippen LogP contribution in [0.1, 0.15) is 21.7 Å². The number of Topliss-reactive ketones (excluding diaryl/α,β-unsaturated/α-hetero) is 1. The van der Waals surface area contributed by atoms with Gasteiger partial charge in [0.25, 0.3) is 5.56 Å². The summed E-state index contributed by atoms with van der Waals surface area (Å²) in [6.07, 6.45) is 0. The van der Waals surface area contributed by atoms with Crippen LogP contribution in [0.4, 0.5) is 4.39 Å². The van der Waals surface area contributed by atoms with E-state index in [9.17, 15) is 18.8 Å². The number of rotatable bonds is 6. The first-order valence-electron chi connectivity index (χ1n) is 9.71. The van der Waals surface area contributed by atoms with E-state index in [1.54, 1.807) is 11.5 Å². The molecule has 0 amide bonds. The molecule has 0 unspecified atom stereocenters. The van der Waals surface area contributed by atoms with Gasteiger partial charge < -0.3 is 9.30 Å². The van der Waals surface area contributed by atoms with E-state index in [2.05, 4.69) is 4.98 Å². The Balaban J connectivity index is 1.93. The van der Waals surface area contributed by atoms with Gasteiger partial charge in [0.15, 0.2) is 16.9 Å². The quantitative estimate of drug-likeness (QED) is 0.434. The minimum atomic E-state index is -0.647. The van der Waals surface area contributed by atoms with Crippen molar-refractivity contribution in [2.45, 2.75) is 26.9 Å². The van der Waals surface area contributed by atoms with E-state index >= 15 is 0 Å². The molecule has 0 bridgehead atoms. The molecular weight excluding hydrogens is 405 g/mol. The van der Waals surface area contributed by atoms with Gasteiger partial charge in [0.2, 0.25) is 5.78 Å². The summed E-state index contributed by atoms with van der Waals surface area (Å²) in [6.45, 7) is 4.33. The molecule has 9 nitrogen and oxygen atoms in total. The number of benzene rings is 1. The number of fused-ring (bicyclic) bond motifs is 3. The van der Waals surface area contributed by atoms with E-state index in [1.165, 1.54) is 23.7 Å². The van der Waals surface area contributed by atoms with Gasteiger partial charge in [-0.2, -0.15) is 4.98 Å². The Labute approximate surface area is 175 Å². The number of methoxy groups -OCH3 is 1. The Kier molecular flexibility index (Phi) is 5.10. The topological polar surface area (TPSA) is 92.5 Å². The molecule has 0 saturated carbocycles. The number of nitrogens with zero attached hydrogens (tertiary/aromatic N) is 5. The van der Waals surface area contributed by atoms with Crippen molar-refractivity contribution in [3.05, 3.63) is 67.9 Å². The molecule has 0 aliphatic carbocycles. The van der Waals surface area contributed by atoms with E-state index in [-0.39, 0.29) is 16.7 Å². The monoisotopic (exact) mass is 427 g/mol. The van der Waals surface area contributed by atoms with Crippen LogP contribution in [0.5, 0.6) is 0 Å². The molecule has 0 aliphatic rings. The van der Waals surface area contributed by atoms with E-state index in [0.29, 0.717) is 18.9 Å². The number of aromatic nitrogens is 5. The maximum Gasteiger partial charge on any atom is 0.332 e. The highest BCUT2D eigenvalue weighted by atomic mass is 19.1. The third kappa shape index (κ3) is 3.19. The van der Waals surface area contributed by atoms with E-state index in [0.717, 1.165) is 28.1 Å². The van der Waals surface area contributed by atoms with Crippen LogP contribution in [0.25, 0.3) is 16.9 Å². The van der Waals surface area contributed by atoms with Gasteiger partial charge in [0.1, 0.15) is 5.82 Å². The zero-order valence-electron chi connectivity index (χ0n) is 17.7. The average Bonchev–Trinajstić information content (AvgIpc) is 3.25. The molecule has 0 saturated heterocycles. The van der Waals surface area contributed by atoms with Gasteiger partial charge >= 0.3 is 5.69 Å². The lowest BCUT2D eigenvalue weighted by molar-refractivity contribution is 0.0969. The fraction of sp³-hybridized carbons (Fsp3) is 0.333. The lowest BCUT2D eigenvalue weighted by Crippen LogP contribution is -2.41. The third-order valence-corrected chi connectivity index (χ3v) is 5.62. The van der Waals surface area contributed by atoms with Gasteiger partial charge in [-0.1, -0.05) is 0 Å². The highest BCUT2D eigenvalue weighted by molar-refractivity contribution is 5.96. The maximum absolute atomic E-state index is 13.3. The highest BCUT2D eigenvalue weighted by Crippen LogP contribution is 2.20. The first-order chi connectivity index (χ1) is 14.8. The third-order valence-electron chi connectivity index (χ3n) is 5.62. The molecule has 31 heavy (non-hydrogen) atoms. The number of ketones is 1. The molecule has 3 aromatic heterocycles. The van der Waals surface area contributed by atoms with Crippen molar-refractivity contribution in [1.29, 1.82) is 0 Å². The largest absolute Gasteiger partial charge is 0.383 e. The smallest absolute Gasteiger partial charge is 0.332 e. The molecule has 10 heteroatoms. The van der Waals surface area contributed by atoms with Gasteiger partial charge in [-0.25, -0.2) is 9.18 Å². The van der Waals surface area contributed by atoms with Crippen LogP contribution >= 0.6 is 0 Å². The Morgan fingerprint density at radius 2 is 1.77 bits per heavy atom. The lowest BCUT2D eigenvalue weighted by Gasteiger charge is -2.08. The van der Waals surface area contributed by atoms with Crippen molar-refractivity contribution in [2.24, 2.45) is 7.05 Å². The summed E-state index contributed by atoms with van der Waals surface area (Å²) < 4.78 is 24.1. The molecule has 0 aliphatic heterocycles. The van der Waals surface area contributed by atoms with E-state index < -0.39 is 29.4 Å². The van der Waals surface area contributed by atoms with Gasteiger partial charge in [0.05, 0.1) is 13.2 Å². The minimum Gasteiger partial charge on any atom is -0.383 e. The Morgan fingerprint density at radius 3 is 2.42 bits per heavy atom. The number of hydrogen-bond acceptors (Lipinski definition) is 5. The summed E-state index contributed by atoms with van der Waals surface area (Å²) in [7, 11) is 3.11. The molecule has 3 heterocycles. The number of hydrogen-bond donors (Lipinski definition) is 0. The van der Waals surface area contributed by atoms with Gasteiger partial charge in [0, 0.05) is 37.7 Å². The van der Waals surface area contributed by atoms with Gasteiger partial charge in [-0.15, -0.1) is 0 Å². The average molecular weight is 427 g/mol. The van der Waals surface area contributed by atoms with Gasteiger partial charge in [-0.3, -0.25) is 23.1 Å². The van der Waals surface area contributed by atoms with Gasteiger partial charge in [-0.05, 0) is 38.1 Å². The number of carbonyl (C=O) groups excluding carboxylic acids is 1. The van der Waals surface area contributed by atoms with E-state index in [4.69, 9.17) is 4.74 Å². The van der Waals surface area contributed by atoms with Crippen molar-refractivity contribution in [1.82, 2.24) is 23.1 Å². The van der Waals surface area contributed by atoms with Crippen LogP contribution in [-0.4, -0.2) is 42.6 Å². The fourth-order valence-electron chi connectivity index (χ4n) is 3.78. The molecule has 0 N–H and O–H groups in total. The zero-order valence-corrected chi connectivity index (χ0v) is 17.7. The number of aryl methyl sites for hydroxylation is 2. The minimum absolute atomic E-state index is 0.214. The van der Waals surface area contributed by atoms with Crippen LogP contribution in [0.2, 0.25) is 0 Å². The molecular formula is C21H22FN5O4. The SMILES string of the molecule is COCCn1c(C)c(C)n2c3c(=O)n(CC(=O)c4ccc(F)cc4)c(=O)n(C)c3nc12. The van der Waals surface area contributed by atoms with Crippen LogP contribution < -0.4 is 11.2 Å². The molecule has 0 atom stereocenters. The van der Waals surface area contributed by atoms with Crippen molar-refractivity contribution >= 4 is 22.7 Å². The van der Waals surface area contributed by atoms with Crippen LogP contribution in [-0.2, 0) is 24.9 Å². The van der Waals surface area contributed by atoms with Crippen LogP contribution in [0.3, 0.4) is 0 Å². The first kappa shape index (κ1) is 20.7. The highest BCUT2D eigenvalue weighted by Gasteiger charge is 2.23. The normalized spacial score (nSPS) is 11.6. The predicted molar refractivity (Wildman–Crippen MR) is 112 cm³/mol. The molecule has 0 spiro atoms. The maximum atomic E-state index is 13.3. The standard InChI is InChI=1S/C21H22FN5O4/c1-12-13(2)27-17-18(23-20(27)25(12)9-10-31-4)24(3)21(30)26(19(17)29)11-16(28)14-5-7-15(22)8-6-14/h5-8H,9-11H2,1-4H3. The molecule has 4 rings (SSSR count). The summed E-state index contributed by atoms with van der Waals surface area (Å²) in [5.74, 6) is -0.418. The Hall–Kier alpha value is -3.53. The summed E-state index contributed by atoms with van der Waals surface area (Å²) in [5, 5.41) is 0. The fourth-order valence-corrected chi connectivity index (χ4v) is 3.78. The predicted octanol–water partition coefficient (Wildman–Crippen LogP) is 1.43. The number of halogens is 1. The zero-order chi connectivity index (χ0) is 22.4. The Morgan fingerprint density at radius 1 is 1.10 bits per heavy atom. The van der Waals surface area contributed by atoms with Crippen LogP contribution in [0.15, 0.2) is 33.9 Å². The second kappa shape index (κ2) is 7.62. The number of imidazole rings is 2. The summed E-state index contributed by atoms with van der Waals surface area (Å²) in [6, 6.07) is 4.97. The van der Waals surface area contributed by atoms with Crippen molar-refractivity contribution in [3.63, 3.8) is 0 Å². The van der Waals surface area contributed by atoms with Crippen molar-refractivity contribution in [2.75, 3.05) is 13.7 Å². The van der Waals surface area contributed by atoms with E-state index in [1.807, 2.05) is 18.4 Å². The first-order valence-corrected chi connectivity index (χ1v) is 9.71. The summed E-state index contributed by atoms with van der Waals surface area (Å²) in [5.41, 5.74) is 1.15. The molecule has 1 aromatic carbocycles. The van der Waals surface area contributed by atoms with Crippen LogP contribution in [0, 0.1) is 19.7 Å². The van der Waals surface area contributed by atoms with Crippen molar-refractivity contribution in [3.8, 4) is 0 Å². The second-order valence-corrected chi connectivity index (χ2v) is 7.40. The lowest BCUT2D eigenvalue weighted by atomic mass is 10.1.